The largest absolute Gasteiger partial charge is 0.368 e. The number of amides is 1. The van der Waals surface area contributed by atoms with E-state index in [2.05, 4.69) is 47.9 Å². The monoisotopic (exact) mass is 272 g/mol. The molecule has 20 heavy (non-hydrogen) atoms. The van der Waals surface area contributed by atoms with Gasteiger partial charge in [0.15, 0.2) is 0 Å². The molecule has 3 rings (SSSR count). The molecule has 1 heterocycles. The van der Waals surface area contributed by atoms with Gasteiger partial charge >= 0.3 is 0 Å². The lowest BCUT2D eigenvalue weighted by Crippen LogP contribution is -2.49. The van der Waals surface area contributed by atoms with E-state index in [-0.39, 0.29) is 0 Å². The van der Waals surface area contributed by atoms with Crippen molar-refractivity contribution >= 4 is 11.6 Å². The van der Waals surface area contributed by atoms with Crippen molar-refractivity contribution in [1.29, 1.82) is 0 Å². The molecule has 2 aliphatic rings. The topological polar surface area (TPSA) is 23.6 Å². The van der Waals surface area contributed by atoms with Crippen LogP contribution in [-0.2, 0) is 4.79 Å². The predicted octanol–water partition coefficient (Wildman–Crippen LogP) is 2.87. The third kappa shape index (κ3) is 2.67. The van der Waals surface area contributed by atoms with Crippen LogP contribution in [0.1, 0.15) is 38.2 Å². The van der Waals surface area contributed by atoms with Crippen molar-refractivity contribution < 1.29 is 4.79 Å². The highest BCUT2D eigenvalue weighted by molar-refractivity contribution is 5.81. The summed E-state index contributed by atoms with van der Waals surface area (Å²) in [6.45, 7) is 8.16. The standard InChI is InChI=1S/C17H24N2O/c1-13(2)15-5-3-4-6-16(15)18-9-11-19(12-10-18)17(20)14-7-8-14/h3-6,13-14H,7-12H2,1-2H3. The number of rotatable bonds is 3. The Labute approximate surface area is 121 Å². The van der Waals surface area contributed by atoms with Crippen LogP contribution in [0.25, 0.3) is 0 Å². The lowest BCUT2D eigenvalue weighted by Gasteiger charge is -2.37. The van der Waals surface area contributed by atoms with Crippen LogP contribution in [0.3, 0.4) is 0 Å². The second kappa shape index (κ2) is 5.47. The highest BCUT2D eigenvalue weighted by Crippen LogP contribution is 2.32. The first kappa shape index (κ1) is 13.5. The third-order valence-corrected chi connectivity index (χ3v) is 4.42. The van der Waals surface area contributed by atoms with Gasteiger partial charge < -0.3 is 9.80 Å². The Balaban J connectivity index is 1.67. The first-order valence-electron chi connectivity index (χ1n) is 7.79. The molecule has 2 fully saturated rings. The number of hydrogen-bond acceptors (Lipinski definition) is 2. The van der Waals surface area contributed by atoms with Crippen LogP contribution in [0, 0.1) is 5.92 Å². The average molecular weight is 272 g/mol. The van der Waals surface area contributed by atoms with Crippen molar-refractivity contribution in [1.82, 2.24) is 4.90 Å². The smallest absolute Gasteiger partial charge is 0.225 e. The van der Waals surface area contributed by atoms with E-state index in [4.69, 9.17) is 0 Å². The molecular weight excluding hydrogens is 248 g/mol. The molecule has 0 unspecified atom stereocenters. The van der Waals surface area contributed by atoms with Crippen molar-refractivity contribution in [3.63, 3.8) is 0 Å². The highest BCUT2D eigenvalue weighted by atomic mass is 16.2. The van der Waals surface area contributed by atoms with Gasteiger partial charge in [-0.3, -0.25) is 4.79 Å². The summed E-state index contributed by atoms with van der Waals surface area (Å²) in [5.41, 5.74) is 2.76. The summed E-state index contributed by atoms with van der Waals surface area (Å²) in [7, 11) is 0. The summed E-state index contributed by atoms with van der Waals surface area (Å²) < 4.78 is 0. The van der Waals surface area contributed by atoms with E-state index in [0.29, 0.717) is 17.7 Å². The van der Waals surface area contributed by atoms with Gasteiger partial charge in [-0.25, -0.2) is 0 Å². The van der Waals surface area contributed by atoms with E-state index >= 15 is 0 Å². The Hall–Kier alpha value is -1.51. The second-order valence-corrected chi connectivity index (χ2v) is 6.30. The number of piperazine rings is 1. The van der Waals surface area contributed by atoms with Crippen molar-refractivity contribution in [2.45, 2.75) is 32.6 Å². The molecule has 108 valence electrons. The Kier molecular flexibility index (Phi) is 3.68. The highest BCUT2D eigenvalue weighted by Gasteiger charge is 2.34. The van der Waals surface area contributed by atoms with Crippen molar-refractivity contribution in [3.8, 4) is 0 Å². The van der Waals surface area contributed by atoms with Crippen LogP contribution >= 0.6 is 0 Å². The number of para-hydroxylation sites is 1. The fourth-order valence-electron chi connectivity index (χ4n) is 3.02. The maximum absolute atomic E-state index is 12.1. The minimum absolute atomic E-state index is 0.351. The van der Waals surface area contributed by atoms with E-state index in [1.165, 1.54) is 11.3 Å². The van der Waals surface area contributed by atoms with E-state index in [9.17, 15) is 4.79 Å². The van der Waals surface area contributed by atoms with E-state index in [0.717, 1.165) is 39.0 Å². The molecular formula is C17H24N2O. The SMILES string of the molecule is CC(C)c1ccccc1N1CCN(C(=O)C2CC2)CC1. The van der Waals surface area contributed by atoms with Gasteiger partial charge in [-0.15, -0.1) is 0 Å². The summed E-state index contributed by atoms with van der Waals surface area (Å²) in [5, 5.41) is 0. The molecule has 1 saturated carbocycles. The number of hydrogen-bond donors (Lipinski definition) is 0. The molecule has 1 saturated heterocycles. The normalized spacial score (nSPS) is 19.6. The zero-order valence-electron chi connectivity index (χ0n) is 12.5. The number of carbonyl (C=O) groups excluding carboxylic acids is 1. The maximum Gasteiger partial charge on any atom is 0.225 e. The number of benzene rings is 1. The van der Waals surface area contributed by atoms with Crippen LogP contribution in [0.5, 0.6) is 0 Å². The Morgan fingerprint density at radius 1 is 1.10 bits per heavy atom. The van der Waals surface area contributed by atoms with Gasteiger partial charge in [-0.2, -0.15) is 0 Å². The Morgan fingerprint density at radius 2 is 1.75 bits per heavy atom. The fourth-order valence-corrected chi connectivity index (χ4v) is 3.02. The van der Waals surface area contributed by atoms with Crippen LogP contribution in [0.15, 0.2) is 24.3 Å². The van der Waals surface area contributed by atoms with E-state index in [1.807, 2.05) is 0 Å². The first-order chi connectivity index (χ1) is 9.66. The lowest BCUT2D eigenvalue weighted by atomic mass is 10.00. The lowest BCUT2D eigenvalue weighted by molar-refractivity contribution is -0.132. The predicted molar refractivity (Wildman–Crippen MR) is 82.0 cm³/mol. The number of carbonyl (C=O) groups is 1. The molecule has 1 aromatic rings. The van der Waals surface area contributed by atoms with Gasteiger partial charge in [-0.1, -0.05) is 32.0 Å². The average Bonchev–Trinajstić information content (AvgIpc) is 3.31. The number of anilines is 1. The molecule has 1 aliphatic heterocycles. The second-order valence-electron chi connectivity index (χ2n) is 6.30. The summed E-state index contributed by atoms with van der Waals surface area (Å²) in [5.74, 6) is 1.28. The zero-order valence-corrected chi connectivity index (χ0v) is 12.5. The molecule has 0 aromatic heterocycles. The third-order valence-electron chi connectivity index (χ3n) is 4.42. The molecule has 1 aliphatic carbocycles. The van der Waals surface area contributed by atoms with Gasteiger partial charge in [0.05, 0.1) is 0 Å². The molecule has 0 N–H and O–H groups in total. The molecule has 0 atom stereocenters. The summed E-state index contributed by atoms with van der Waals surface area (Å²) in [6.07, 6.45) is 2.21. The molecule has 0 radical (unpaired) electrons. The Bertz CT molecular complexity index is 486. The van der Waals surface area contributed by atoms with Crippen molar-refractivity contribution in [2.75, 3.05) is 31.1 Å². The summed E-state index contributed by atoms with van der Waals surface area (Å²) in [4.78, 5) is 16.6. The minimum atomic E-state index is 0.351. The van der Waals surface area contributed by atoms with Gasteiger partial charge in [0.1, 0.15) is 0 Å². The molecule has 1 amide bonds. The quantitative estimate of drug-likeness (QED) is 0.844. The van der Waals surface area contributed by atoms with Gasteiger partial charge in [0.2, 0.25) is 5.91 Å². The Morgan fingerprint density at radius 3 is 2.35 bits per heavy atom. The molecule has 0 spiro atoms. The molecule has 3 nitrogen and oxygen atoms in total. The molecule has 1 aromatic carbocycles. The van der Waals surface area contributed by atoms with E-state index < -0.39 is 0 Å². The number of nitrogens with zero attached hydrogens (tertiary/aromatic N) is 2. The van der Waals surface area contributed by atoms with Crippen LogP contribution in [-0.4, -0.2) is 37.0 Å². The van der Waals surface area contributed by atoms with Crippen molar-refractivity contribution in [3.05, 3.63) is 29.8 Å². The summed E-state index contributed by atoms with van der Waals surface area (Å²) in [6, 6.07) is 8.67. The zero-order chi connectivity index (χ0) is 14.1. The maximum atomic E-state index is 12.1. The minimum Gasteiger partial charge on any atom is -0.368 e. The fraction of sp³-hybridized carbons (Fsp3) is 0.588. The van der Waals surface area contributed by atoms with Crippen LogP contribution in [0.2, 0.25) is 0 Å². The van der Waals surface area contributed by atoms with Crippen LogP contribution < -0.4 is 4.90 Å². The van der Waals surface area contributed by atoms with Crippen molar-refractivity contribution in [2.24, 2.45) is 5.92 Å². The van der Waals surface area contributed by atoms with Crippen LogP contribution in [0.4, 0.5) is 5.69 Å². The van der Waals surface area contributed by atoms with Gasteiger partial charge in [0.25, 0.3) is 0 Å². The van der Waals surface area contributed by atoms with Gasteiger partial charge in [-0.05, 0) is 30.4 Å². The first-order valence-corrected chi connectivity index (χ1v) is 7.79. The molecule has 3 heteroatoms. The van der Waals surface area contributed by atoms with E-state index in [1.54, 1.807) is 0 Å². The summed E-state index contributed by atoms with van der Waals surface area (Å²) >= 11 is 0. The van der Waals surface area contributed by atoms with Gasteiger partial charge in [0, 0.05) is 37.8 Å². The molecule has 0 bridgehead atoms.